The van der Waals surface area contributed by atoms with Crippen LogP contribution in [-0.4, -0.2) is 39.2 Å². The van der Waals surface area contributed by atoms with Crippen molar-refractivity contribution >= 4 is 22.8 Å². The lowest BCUT2D eigenvalue weighted by Gasteiger charge is -2.35. The van der Waals surface area contributed by atoms with E-state index in [0.717, 1.165) is 36.2 Å². The third-order valence-electron chi connectivity index (χ3n) is 5.62. The van der Waals surface area contributed by atoms with E-state index in [1.165, 1.54) is 6.92 Å². The summed E-state index contributed by atoms with van der Waals surface area (Å²) in [7, 11) is 1.71. The Kier molecular flexibility index (Phi) is 5.27. The molecule has 1 fully saturated rings. The average Bonchev–Trinajstić information content (AvgIpc) is 2.99. The molecule has 0 radical (unpaired) electrons. The first-order valence-corrected chi connectivity index (χ1v) is 10.0. The van der Waals surface area contributed by atoms with E-state index in [2.05, 4.69) is 21.3 Å². The number of imidazole rings is 1. The number of anilines is 1. The van der Waals surface area contributed by atoms with E-state index in [-0.39, 0.29) is 17.6 Å². The van der Waals surface area contributed by atoms with Gasteiger partial charge in [0.25, 0.3) is 0 Å². The lowest BCUT2D eigenvalue weighted by molar-refractivity contribution is -0.119. The number of nitrogens with zero attached hydrogens (tertiary/aromatic N) is 5. The molecule has 4 rings (SSSR count). The molecule has 1 atom stereocenters. The number of carbonyl (C=O) groups excluding carboxylic acids is 1. The Morgan fingerprint density at radius 2 is 2.13 bits per heavy atom. The Bertz CT molecular complexity index is 1200. The zero-order valence-electron chi connectivity index (χ0n) is 17.1. The summed E-state index contributed by atoms with van der Waals surface area (Å²) in [6, 6.07) is 11.5. The molecule has 0 unspecified atom stereocenters. The lowest BCUT2D eigenvalue weighted by atomic mass is 10.0. The van der Waals surface area contributed by atoms with Crippen LogP contribution in [-0.2, 0) is 18.4 Å². The van der Waals surface area contributed by atoms with Gasteiger partial charge in [-0.3, -0.25) is 13.9 Å². The number of nitriles is 1. The summed E-state index contributed by atoms with van der Waals surface area (Å²) in [5.41, 5.74) is 3.44. The van der Waals surface area contributed by atoms with E-state index in [4.69, 9.17) is 0 Å². The number of benzene rings is 1. The molecule has 30 heavy (non-hydrogen) atoms. The molecule has 1 aliphatic rings. The predicted molar refractivity (Wildman–Crippen MR) is 114 cm³/mol. The molecule has 1 aliphatic heterocycles. The number of amides is 1. The van der Waals surface area contributed by atoms with Crippen LogP contribution in [0.2, 0.25) is 0 Å². The molecule has 1 aromatic carbocycles. The number of rotatable bonds is 4. The first kappa shape index (κ1) is 19.7. The van der Waals surface area contributed by atoms with Gasteiger partial charge in [0.2, 0.25) is 5.91 Å². The predicted octanol–water partition coefficient (Wildman–Crippen LogP) is 1.76. The van der Waals surface area contributed by atoms with Crippen molar-refractivity contribution < 1.29 is 4.79 Å². The van der Waals surface area contributed by atoms with E-state index < -0.39 is 0 Å². The Balaban J connectivity index is 1.81. The van der Waals surface area contributed by atoms with Crippen LogP contribution in [0.4, 0.5) is 5.69 Å². The molecule has 1 saturated heterocycles. The highest BCUT2D eigenvalue weighted by atomic mass is 16.2. The average molecular weight is 404 g/mol. The molecule has 2 aromatic heterocycles. The lowest BCUT2D eigenvalue weighted by Crippen LogP contribution is -2.47. The van der Waals surface area contributed by atoms with Crippen LogP contribution < -0.4 is 15.9 Å². The second kappa shape index (κ2) is 8.03. The van der Waals surface area contributed by atoms with Crippen molar-refractivity contribution in [3.05, 3.63) is 58.1 Å². The maximum atomic E-state index is 13.1. The maximum Gasteiger partial charge on any atom is 0.330 e. The Morgan fingerprint density at radius 1 is 1.33 bits per heavy atom. The Hall–Kier alpha value is -3.60. The molecule has 3 heterocycles. The minimum absolute atomic E-state index is 0.0357. The van der Waals surface area contributed by atoms with E-state index in [0.29, 0.717) is 24.3 Å². The molecular weight excluding hydrogens is 380 g/mol. The Labute approximate surface area is 174 Å². The number of aryl methyl sites for hydroxylation is 1. The third-order valence-corrected chi connectivity index (χ3v) is 5.62. The number of carbonyl (C=O) groups is 1. The third kappa shape index (κ3) is 3.54. The molecule has 3 aromatic rings. The SMILES string of the molecule is CC(=O)N[C@@H]1CCCN(c2ccnc3c2n(Cc2ccccc2C#N)c(=O)n3C)C1. The Morgan fingerprint density at radius 3 is 2.90 bits per heavy atom. The smallest absolute Gasteiger partial charge is 0.330 e. The van der Waals surface area contributed by atoms with Gasteiger partial charge >= 0.3 is 5.69 Å². The fourth-order valence-corrected chi connectivity index (χ4v) is 4.25. The van der Waals surface area contributed by atoms with Crippen molar-refractivity contribution in [2.24, 2.45) is 7.05 Å². The van der Waals surface area contributed by atoms with Gasteiger partial charge in [-0.15, -0.1) is 0 Å². The summed E-state index contributed by atoms with van der Waals surface area (Å²) < 4.78 is 3.24. The fraction of sp³-hybridized carbons (Fsp3) is 0.364. The van der Waals surface area contributed by atoms with Crippen LogP contribution in [0.1, 0.15) is 30.9 Å². The zero-order chi connectivity index (χ0) is 21.3. The van der Waals surface area contributed by atoms with Gasteiger partial charge in [-0.05, 0) is 30.5 Å². The van der Waals surface area contributed by atoms with Crippen molar-refractivity contribution in [2.45, 2.75) is 32.4 Å². The normalized spacial score (nSPS) is 16.4. The number of pyridine rings is 1. The highest BCUT2D eigenvalue weighted by molar-refractivity contribution is 5.87. The minimum atomic E-state index is -0.173. The zero-order valence-corrected chi connectivity index (χ0v) is 17.1. The van der Waals surface area contributed by atoms with Crippen LogP contribution in [0.15, 0.2) is 41.3 Å². The summed E-state index contributed by atoms with van der Waals surface area (Å²) in [5, 5.41) is 12.5. The molecule has 0 bridgehead atoms. The van der Waals surface area contributed by atoms with Gasteiger partial charge in [-0.2, -0.15) is 5.26 Å². The van der Waals surface area contributed by atoms with Crippen LogP contribution in [0.5, 0.6) is 0 Å². The molecular formula is C22H24N6O2. The molecule has 1 N–H and O–H groups in total. The number of nitrogens with one attached hydrogen (secondary N) is 1. The van der Waals surface area contributed by atoms with Gasteiger partial charge in [0.15, 0.2) is 5.65 Å². The van der Waals surface area contributed by atoms with Crippen molar-refractivity contribution in [3.63, 3.8) is 0 Å². The quantitative estimate of drug-likeness (QED) is 0.715. The van der Waals surface area contributed by atoms with Gasteiger partial charge in [0.05, 0.1) is 23.9 Å². The van der Waals surface area contributed by atoms with E-state index >= 15 is 0 Å². The maximum absolute atomic E-state index is 13.1. The minimum Gasteiger partial charge on any atom is -0.368 e. The van der Waals surface area contributed by atoms with Crippen LogP contribution >= 0.6 is 0 Å². The largest absolute Gasteiger partial charge is 0.368 e. The van der Waals surface area contributed by atoms with Gasteiger partial charge in [-0.1, -0.05) is 18.2 Å². The molecule has 1 amide bonds. The monoisotopic (exact) mass is 404 g/mol. The van der Waals surface area contributed by atoms with Crippen molar-refractivity contribution in [1.29, 1.82) is 5.26 Å². The van der Waals surface area contributed by atoms with Gasteiger partial charge in [0, 0.05) is 39.3 Å². The second-order valence-corrected chi connectivity index (χ2v) is 7.68. The summed E-state index contributed by atoms with van der Waals surface area (Å²) in [5.74, 6) is -0.0357. The second-order valence-electron chi connectivity index (χ2n) is 7.68. The van der Waals surface area contributed by atoms with Gasteiger partial charge in [-0.25, -0.2) is 9.78 Å². The highest BCUT2D eigenvalue weighted by Gasteiger charge is 2.25. The molecule has 0 aliphatic carbocycles. The molecule has 154 valence electrons. The van der Waals surface area contributed by atoms with Crippen molar-refractivity contribution in [2.75, 3.05) is 18.0 Å². The van der Waals surface area contributed by atoms with Crippen LogP contribution in [0.3, 0.4) is 0 Å². The summed E-state index contributed by atoms with van der Waals surface area (Å²) >= 11 is 0. The van der Waals surface area contributed by atoms with Gasteiger partial charge in [0.1, 0.15) is 5.52 Å². The van der Waals surface area contributed by atoms with E-state index in [1.807, 2.05) is 24.3 Å². The first-order valence-electron chi connectivity index (χ1n) is 10.0. The summed E-state index contributed by atoms with van der Waals surface area (Å²) in [4.78, 5) is 31.2. The number of piperidine rings is 1. The number of hydrogen-bond acceptors (Lipinski definition) is 5. The molecule has 8 nitrogen and oxygen atoms in total. The van der Waals surface area contributed by atoms with E-state index in [9.17, 15) is 14.9 Å². The molecule has 0 saturated carbocycles. The van der Waals surface area contributed by atoms with Crippen molar-refractivity contribution in [3.8, 4) is 6.07 Å². The topological polar surface area (TPSA) is 96.0 Å². The summed E-state index contributed by atoms with van der Waals surface area (Å²) in [6.07, 6.45) is 3.59. The first-order chi connectivity index (χ1) is 14.5. The van der Waals surface area contributed by atoms with E-state index in [1.54, 1.807) is 28.4 Å². The van der Waals surface area contributed by atoms with Crippen LogP contribution in [0.25, 0.3) is 11.2 Å². The highest BCUT2D eigenvalue weighted by Crippen LogP contribution is 2.28. The number of fused-ring (bicyclic) bond motifs is 1. The van der Waals surface area contributed by atoms with Gasteiger partial charge < -0.3 is 10.2 Å². The molecule has 8 heteroatoms. The summed E-state index contributed by atoms with van der Waals surface area (Å²) in [6.45, 7) is 3.34. The molecule has 0 spiro atoms. The van der Waals surface area contributed by atoms with Crippen LogP contribution in [0, 0.1) is 11.3 Å². The fourth-order valence-electron chi connectivity index (χ4n) is 4.25. The number of aromatic nitrogens is 3. The van der Waals surface area contributed by atoms with Crippen molar-refractivity contribution in [1.82, 2.24) is 19.4 Å². The standard InChI is InChI=1S/C22H24N6O2/c1-15(29)25-18-8-5-11-27(14-18)19-9-10-24-21-20(19)28(22(30)26(21)2)13-17-7-4-3-6-16(17)12-23/h3-4,6-7,9-10,18H,5,8,11,13-14H2,1-2H3,(H,25,29)/t18-/m1/s1. The number of hydrogen-bond donors (Lipinski definition) is 1.